The first-order valence-electron chi connectivity index (χ1n) is 11.7. The molecule has 1 N–H and O–H groups in total. The Balaban J connectivity index is 1.28. The molecule has 5 rings (SSSR count). The molecular formula is C26H22N8O3. The van der Waals surface area contributed by atoms with Crippen LogP contribution in [0, 0.1) is 27.4 Å². The average Bonchev–Trinajstić information content (AvgIpc) is 3.44. The highest BCUT2D eigenvalue weighted by atomic mass is 16.6. The largest absolute Gasteiger partial charge is 0.354 e. The molecule has 0 bridgehead atoms. The number of carbonyl (C=O) groups excluding carboxylic acids is 1. The Kier molecular flexibility index (Phi) is 6.54. The third-order valence-electron chi connectivity index (χ3n) is 6.26. The van der Waals surface area contributed by atoms with E-state index in [9.17, 15) is 20.2 Å². The summed E-state index contributed by atoms with van der Waals surface area (Å²) in [6.45, 7) is 1.17. The van der Waals surface area contributed by atoms with Gasteiger partial charge in [0.25, 0.3) is 5.69 Å². The van der Waals surface area contributed by atoms with E-state index in [1.54, 1.807) is 6.20 Å². The number of aromatic nitrogens is 4. The number of hydrogen-bond acceptors (Lipinski definition) is 8. The first-order valence-corrected chi connectivity index (χ1v) is 11.7. The van der Waals surface area contributed by atoms with E-state index >= 15 is 0 Å². The third kappa shape index (κ3) is 4.99. The highest BCUT2D eigenvalue weighted by Crippen LogP contribution is 2.26. The highest BCUT2D eigenvalue weighted by Gasteiger charge is 2.27. The zero-order chi connectivity index (χ0) is 25.8. The zero-order valence-corrected chi connectivity index (χ0v) is 19.7. The number of nitro groups is 1. The number of nitriles is 1. The molecule has 1 fully saturated rings. The topological polar surface area (TPSA) is 143 Å². The number of anilines is 2. The predicted octanol–water partition coefficient (Wildman–Crippen LogP) is 3.96. The molecule has 2 aromatic heterocycles. The molecule has 4 aromatic rings. The number of nitro benzene ring substituents is 1. The monoisotopic (exact) mass is 494 g/mol. The maximum atomic E-state index is 13.0. The minimum absolute atomic E-state index is 0.0473. The van der Waals surface area contributed by atoms with Gasteiger partial charge >= 0.3 is 0 Å². The van der Waals surface area contributed by atoms with Crippen molar-refractivity contribution in [3.63, 3.8) is 0 Å². The molecule has 1 amide bonds. The van der Waals surface area contributed by atoms with Crippen LogP contribution < -0.4 is 10.2 Å². The molecule has 1 unspecified atom stereocenters. The molecule has 184 valence electrons. The van der Waals surface area contributed by atoms with E-state index in [0.717, 1.165) is 30.4 Å². The maximum Gasteiger partial charge on any atom is 0.270 e. The minimum Gasteiger partial charge on any atom is -0.354 e. The molecule has 2 aromatic carbocycles. The van der Waals surface area contributed by atoms with Crippen LogP contribution in [0.4, 0.5) is 17.2 Å². The van der Waals surface area contributed by atoms with Crippen LogP contribution in [0.2, 0.25) is 0 Å². The number of benzene rings is 2. The van der Waals surface area contributed by atoms with Crippen molar-refractivity contribution >= 4 is 23.1 Å². The fraction of sp³-hybridized carbons (Fsp3) is 0.192. The molecule has 0 aliphatic carbocycles. The molecule has 37 heavy (non-hydrogen) atoms. The van der Waals surface area contributed by atoms with Crippen molar-refractivity contribution in [2.75, 3.05) is 23.3 Å². The van der Waals surface area contributed by atoms with Gasteiger partial charge < -0.3 is 10.2 Å². The Hall–Kier alpha value is -5.11. The van der Waals surface area contributed by atoms with Gasteiger partial charge in [0, 0.05) is 43.2 Å². The van der Waals surface area contributed by atoms with Crippen LogP contribution >= 0.6 is 0 Å². The minimum atomic E-state index is -0.576. The predicted molar refractivity (Wildman–Crippen MR) is 136 cm³/mol. The number of rotatable bonds is 6. The Morgan fingerprint density at radius 3 is 2.62 bits per heavy atom. The van der Waals surface area contributed by atoms with Crippen LogP contribution in [-0.2, 0) is 4.79 Å². The zero-order valence-electron chi connectivity index (χ0n) is 19.7. The van der Waals surface area contributed by atoms with Gasteiger partial charge in [-0.25, -0.2) is 4.98 Å². The van der Waals surface area contributed by atoms with Crippen molar-refractivity contribution in [1.29, 1.82) is 5.26 Å². The lowest BCUT2D eigenvalue weighted by molar-refractivity contribution is -0.384. The smallest absolute Gasteiger partial charge is 0.270 e. The Bertz CT molecular complexity index is 1480. The van der Waals surface area contributed by atoms with E-state index in [2.05, 4.69) is 20.5 Å². The second kappa shape index (κ2) is 10.2. The van der Waals surface area contributed by atoms with Crippen LogP contribution in [-0.4, -0.2) is 43.7 Å². The number of non-ortho nitro benzene ring substituents is 1. The summed E-state index contributed by atoms with van der Waals surface area (Å²) in [5.41, 5.74) is 1.07. The van der Waals surface area contributed by atoms with E-state index in [0.29, 0.717) is 24.6 Å². The number of nitrogens with one attached hydrogen (secondary N) is 1. The number of carbonyl (C=O) groups is 1. The summed E-state index contributed by atoms with van der Waals surface area (Å²) in [5, 5.41) is 31.9. The first kappa shape index (κ1) is 23.6. The number of hydrogen-bond donors (Lipinski definition) is 1. The lowest BCUT2D eigenvalue weighted by Gasteiger charge is -2.32. The summed E-state index contributed by atoms with van der Waals surface area (Å²) in [6, 6.07) is 19.3. The van der Waals surface area contributed by atoms with Gasteiger partial charge in [0.2, 0.25) is 5.91 Å². The van der Waals surface area contributed by atoms with Crippen molar-refractivity contribution in [3.8, 4) is 23.3 Å². The van der Waals surface area contributed by atoms with Gasteiger partial charge in [0.15, 0.2) is 11.6 Å². The normalized spacial score (nSPS) is 15.1. The lowest BCUT2D eigenvalue weighted by atomic mass is 9.97. The summed E-state index contributed by atoms with van der Waals surface area (Å²) in [6.07, 6.45) is 5.01. The number of piperidine rings is 1. The molecule has 1 saturated heterocycles. The third-order valence-corrected chi connectivity index (χ3v) is 6.26. The van der Waals surface area contributed by atoms with Crippen LogP contribution in [0.1, 0.15) is 18.4 Å². The molecule has 3 heterocycles. The van der Waals surface area contributed by atoms with Gasteiger partial charge in [-0.3, -0.25) is 19.5 Å². The van der Waals surface area contributed by atoms with Gasteiger partial charge in [-0.2, -0.15) is 5.26 Å². The first-order chi connectivity index (χ1) is 18.0. The molecular weight excluding hydrogens is 472 g/mol. The molecule has 0 spiro atoms. The summed E-state index contributed by atoms with van der Waals surface area (Å²) < 4.78 is 1.87. The highest BCUT2D eigenvalue weighted by molar-refractivity contribution is 5.94. The second-order valence-electron chi connectivity index (χ2n) is 8.61. The van der Waals surface area contributed by atoms with Crippen molar-refractivity contribution in [2.45, 2.75) is 12.8 Å². The second-order valence-corrected chi connectivity index (χ2v) is 8.61. The summed E-state index contributed by atoms with van der Waals surface area (Å²) in [7, 11) is 0. The Labute approximate surface area is 212 Å². The van der Waals surface area contributed by atoms with Gasteiger partial charge in [0.1, 0.15) is 11.9 Å². The van der Waals surface area contributed by atoms with Crippen LogP contribution in [0.15, 0.2) is 73.1 Å². The van der Waals surface area contributed by atoms with Gasteiger partial charge in [-0.1, -0.05) is 30.3 Å². The molecule has 1 atom stereocenters. The van der Waals surface area contributed by atoms with Crippen molar-refractivity contribution in [3.05, 3.63) is 88.7 Å². The van der Waals surface area contributed by atoms with E-state index < -0.39 is 4.92 Å². The lowest BCUT2D eigenvalue weighted by Crippen LogP contribution is -2.41. The summed E-state index contributed by atoms with van der Waals surface area (Å²) in [5.74, 6) is 1.48. The van der Waals surface area contributed by atoms with Crippen molar-refractivity contribution < 1.29 is 9.72 Å². The molecule has 1 aliphatic heterocycles. The summed E-state index contributed by atoms with van der Waals surface area (Å²) in [4.78, 5) is 29.9. The standard InChI is InChI=1S/C26H22N8O3/c27-16-20-15-21(34(36)37)8-9-22(20)29-26(35)19-7-4-13-32(17-19)23-10-11-24(31-30-23)33-14-12-28-25(33)18-5-2-1-3-6-18/h1-3,5-6,8-12,14-15,19H,4,7,13,17H2,(H,29,35). The van der Waals surface area contributed by atoms with Crippen LogP contribution in [0.3, 0.4) is 0 Å². The van der Waals surface area contributed by atoms with Gasteiger partial charge in [0.05, 0.1) is 22.1 Å². The van der Waals surface area contributed by atoms with Crippen LogP contribution in [0.5, 0.6) is 0 Å². The Morgan fingerprint density at radius 2 is 1.89 bits per heavy atom. The fourth-order valence-corrected chi connectivity index (χ4v) is 4.39. The van der Waals surface area contributed by atoms with Gasteiger partial charge in [-0.05, 0) is 31.0 Å². The van der Waals surface area contributed by atoms with E-state index in [1.165, 1.54) is 12.1 Å². The number of amides is 1. The molecule has 0 saturated carbocycles. The Morgan fingerprint density at radius 1 is 1.11 bits per heavy atom. The molecule has 11 nitrogen and oxygen atoms in total. The van der Waals surface area contributed by atoms with Gasteiger partial charge in [-0.15, -0.1) is 10.2 Å². The van der Waals surface area contributed by atoms with E-state index in [4.69, 9.17) is 0 Å². The van der Waals surface area contributed by atoms with E-state index in [1.807, 2.05) is 64.2 Å². The quantitative estimate of drug-likeness (QED) is 0.313. The maximum absolute atomic E-state index is 13.0. The fourth-order valence-electron chi connectivity index (χ4n) is 4.39. The SMILES string of the molecule is N#Cc1cc([N+](=O)[O-])ccc1NC(=O)C1CCCN(c2ccc(-n3ccnc3-c3ccccc3)nn2)C1. The van der Waals surface area contributed by atoms with Crippen molar-refractivity contribution in [2.24, 2.45) is 5.92 Å². The summed E-state index contributed by atoms with van der Waals surface area (Å²) >= 11 is 0. The number of imidazole rings is 1. The molecule has 11 heteroatoms. The molecule has 0 radical (unpaired) electrons. The van der Waals surface area contributed by atoms with E-state index in [-0.39, 0.29) is 28.8 Å². The van der Waals surface area contributed by atoms with Crippen LogP contribution in [0.25, 0.3) is 17.2 Å². The number of nitrogens with zero attached hydrogens (tertiary/aromatic N) is 7. The molecule has 1 aliphatic rings. The van der Waals surface area contributed by atoms with Crippen molar-refractivity contribution in [1.82, 2.24) is 19.7 Å². The average molecular weight is 495 g/mol.